The second-order valence-corrected chi connectivity index (χ2v) is 4.04. The predicted octanol–water partition coefficient (Wildman–Crippen LogP) is -0.323. The van der Waals surface area contributed by atoms with Crippen LogP contribution in [0.5, 0.6) is 0 Å². The van der Waals surface area contributed by atoms with Crippen molar-refractivity contribution in [2.24, 2.45) is 10.7 Å². The molecule has 0 aliphatic carbocycles. The molecule has 1 atom stereocenters. The summed E-state index contributed by atoms with van der Waals surface area (Å²) in [7, 11) is 0. The maximum atomic E-state index is 11.8. The number of rotatable bonds is 4. The first-order valence-electron chi connectivity index (χ1n) is 5.92. The molecule has 0 fully saturated rings. The maximum absolute atomic E-state index is 11.8. The highest BCUT2D eigenvalue weighted by Crippen LogP contribution is 2.07. The summed E-state index contributed by atoms with van der Waals surface area (Å²) in [5, 5.41) is 14.0. The van der Waals surface area contributed by atoms with Crippen molar-refractivity contribution < 1.29 is 14.5 Å². The van der Waals surface area contributed by atoms with E-state index in [0.29, 0.717) is 0 Å². The van der Waals surface area contributed by atoms with Crippen LogP contribution in [-0.2, 0) is 0 Å². The van der Waals surface area contributed by atoms with Crippen LogP contribution in [0, 0.1) is 10.1 Å². The summed E-state index contributed by atoms with van der Waals surface area (Å²) in [6, 6.07) is 1.87. The molecule has 0 aromatic carbocycles. The van der Waals surface area contributed by atoms with Crippen molar-refractivity contribution in [2.75, 3.05) is 5.32 Å². The lowest BCUT2D eigenvalue weighted by atomic mass is 10.2. The van der Waals surface area contributed by atoms with Crippen molar-refractivity contribution in [1.82, 2.24) is 15.4 Å². The minimum atomic E-state index is -1.46. The lowest BCUT2D eigenvalue weighted by Crippen LogP contribution is -2.50. The van der Waals surface area contributed by atoms with Crippen molar-refractivity contribution in [3.05, 3.63) is 46.3 Å². The topological polar surface area (TPSA) is 156 Å². The molecular weight excluding hydrogens is 294 g/mol. The smallest absolute Gasteiger partial charge is 0.366 e. The standard InChI is InChI=1S/C11H11N7O4/c12-9(19)7-2-4-13-8(6-7)15-10(20)16-17-5-1-3-14-11(17)18(21)22/h1-6,11H,(H2,12,19)(H2,13,15,16,20). The van der Waals surface area contributed by atoms with Gasteiger partial charge in [-0.05, 0) is 18.2 Å². The van der Waals surface area contributed by atoms with Gasteiger partial charge in [0.25, 0.3) is 0 Å². The highest BCUT2D eigenvalue weighted by molar-refractivity contribution is 5.95. The fraction of sp³-hybridized carbons (Fsp3) is 0.0909. The van der Waals surface area contributed by atoms with E-state index in [4.69, 9.17) is 5.73 Å². The molecule has 1 unspecified atom stereocenters. The number of allylic oxidation sites excluding steroid dienone is 1. The summed E-state index contributed by atoms with van der Waals surface area (Å²) in [5.74, 6) is -0.608. The number of amides is 3. The molecule has 2 heterocycles. The molecule has 22 heavy (non-hydrogen) atoms. The van der Waals surface area contributed by atoms with Crippen molar-refractivity contribution >= 4 is 24.0 Å². The molecule has 0 bridgehead atoms. The van der Waals surface area contributed by atoms with E-state index in [0.717, 1.165) is 5.01 Å². The van der Waals surface area contributed by atoms with E-state index >= 15 is 0 Å². The lowest BCUT2D eigenvalue weighted by Gasteiger charge is -2.23. The van der Waals surface area contributed by atoms with E-state index in [1.54, 1.807) is 0 Å². The third-order valence-electron chi connectivity index (χ3n) is 2.51. The molecule has 11 heteroatoms. The van der Waals surface area contributed by atoms with E-state index in [1.165, 1.54) is 36.8 Å². The molecule has 11 nitrogen and oxygen atoms in total. The number of aliphatic imine (C=N–C) groups is 1. The molecule has 1 aromatic rings. The number of hydrazine groups is 1. The molecule has 0 saturated carbocycles. The molecule has 0 spiro atoms. The zero-order valence-corrected chi connectivity index (χ0v) is 11.0. The second kappa shape index (κ2) is 6.30. The van der Waals surface area contributed by atoms with Gasteiger partial charge in [-0.3, -0.25) is 20.2 Å². The lowest BCUT2D eigenvalue weighted by molar-refractivity contribution is -0.547. The molecule has 0 saturated heterocycles. The van der Waals surface area contributed by atoms with Crippen LogP contribution >= 0.6 is 0 Å². The number of urea groups is 1. The molecule has 0 radical (unpaired) electrons. The van der Waals surface area contributed by atoms with Gasteiger partial charge >= 0.3 is 12.3 Å². The minimum Gasteiger partial charge on any atom is -0.366 e. The average Bonchev–Trinajstić information content (AvgIpc) is 2.47. The van der Waals surface area contributed by atoms with Crippen molar-refractivity contribution in [2.45, 2.75) is 6.29 Å². The van der Waals surface area contributed by atoms with Crippen molar-refractivity contribution in [3.8, 4) is 0 Å². The van der Waals surface area contributed by atoms with Gasteiger partial charge in [0.1, 0.15) is 5.82 Å². The van der Waals surface area contributed by atoms with Gasteiger partial charge in [-0.1, -0.05) is 0 Å². The second-order valence-electron chi connectivity index (χ2n) is 4.04. The Morgan fingerprint density at radius 1 is 1.45 bits per heavy atom. The van der Waals surface area contributed by atoms with Gasteiger partial charge in [0.05, 0.1) is 4.92 Å². The third kappa shape index (κ3) is 3.53. The predicted molar refractivity (Wildman–Crippen MR) is 75.2 cm³/mol. The molecule has 1 aliphatic rings. The first-order chi connectivity index (χ1) is 10.5. The van der Waals surface area contributed by atoms with Crippen LogP contribution in [-0.4, -0.2) is 39.4 Å². The number of hydrogen-bond acceptors (Lipinski definition) is 7. The first-order valence-corrected chi connectivity index (χ1v) is 5.92. The highest BCUT2D eigenvalue weighted by atomic mass is 16.6. The number of primary amides is 1. The van der Waals surface area contributed by atoms with Crippen molar-refractivity contribution in [3.63, 3.8) is 0 Å². The number of aromatic nitrogens is 1. The minimum absolute atomic E-state index is 0.0657. The van der Waals surface area contributed by atoms with Gasteiger partial charge in [0.2, 0.25) is 5.91 Å². The number of nitrogens with two attached hydrogens (primary N) is 1. The van der Waals surface area contributed by atoms with E-state index in [-0.39, 0.29) is 11.4 Å². The number of nitro groups is 1. The van der Waals surface area contributed by atoms with Crippen LogP contribution in [0.15, 0.2) is 35.6 Å². The van der Waals surface area contributed by atoms with Crippen LogP contribution in [0.2, 0.25) is 0 Å². The van der Waals surface area contributed by atoms with Gasteiger partial charge in [0, 0.05) is 24.2 Å². The van der Waals surface area contributed by atoms with Crippen LogP contribution in [0.1, 0.15) is 10.4 Å². The number of carbonyl (C=O) groups is 2. The summed E-state index contributed by atoms with van der Waals surface area (Å²) in [5.41, 5.74) is 7.51. The van der Waals surface area contributed by atoms with Crippen LogP contribution < -0.4 is 16.5 Å². The van der Waals surface area contributed by atoms with Gasteiger partial charge in [-0.2, -0.15) is 4.99 Å². The van der Waals surface area contributed by atoms with Crippen LogP contribution in [0.3, 0.4) is 0 Å². The Balaban J connectivity index is 2.02. The molecule has 1 aromatic heterocycles. The summed E-state index contributed by atoms with van der Waals surface area (Å²) >= 11 is 0. The van der Waals surface area contributed by atoms with Gasteiger partial charge in [-0.15, -0.1) is 0 Å². The van der Waals surface area contributed by atoms with Gasteiger partial charge in [0.15, 0.2) is 0 Å². The first kappa shape index (κ1) is 14.9. The molecule has 2 rings (SSSR count). The summed E-state index contributed by atoms with van der Waals surface area (Å²) in [4.78, 5) is 40.4. The zero-order chi connectivity index (χ0) is 16.1. The quantitative estimate of drug-likeness (QED) is 0.511. The molecule has 3 amide bonds. The number of hydrogen-bond donors (Lipinski definition) is 3. The fourth-order valence-corrected chi connectivity index (χ4v) is 1.57. The van der Waals surface area contributed by atoms with E-state index in [9.17, 15) is 19.7 Å². The highest BCUT2D eigenvalue weighted by Gasteiger charge is 2.27. The normalized spacial score (nSPS) is 16.2. The van der Waals surface area contributed by atoms with Gasteiger partial charge in [-0.25, -0.2) is 20.2 Å². The number of anilines is 1. The number of nitrogens with zero attached hydrogens (tertiary/aromatic N) is 4. The Morgan fingerprint density at radius 2 is 2.23 bits per heavy atom. The summed E-state index contributed by atoms with van der Waals surface area (Å²) in [6.07, 6.45) is 3.79. The van der Waals surface area contributed by atoms with E-state index < -0.39 is 23.2 Å². The van der Waals surface area contributed by atoms with Crippen molar-refractivity contribution in [1.29, 1.82) is 0 Å². The van der Waals surface area contributed by atoms with Crippen LogP contribution in [0.25, 0.3) is 0 Å². The summed E-state index contributed by atoms with van der Waals surface area (Å²) in [6.45, 7) is 0. The zero-order valence-electron chi connectivity index (χ0n) is 11.0. The maximum Gasteiger partial charge on any atom is 0.402 e. The Hall–Kier alpha value is -3.50. The third-order valence-corrected chi connectivity index (χ3v) is 2.51. The van der Waals surface area contributed by atoms with E-state index in [2.05, 4.69) is 20.7 Å². The SMILES string of the molecule is NC(=O)c1ccnc(NC(=O)NN2C=CC=NC2[N+](=O)[O-])c1. The molecule has 4 N–H and O–H groups in total. The summed E-state index contributed by atoms with van der Waals surface area (Å²) < 4.78 is 0. The Morgan fingerprint density at radius 3 is 2.91 bits per heavy atom. The Labute approximate surface area is 123 Å². The molecular formula is C11H11N7O4. The molecule has 1 aliphatic heterocycles. The van der Waals surface area contributed by atoms with E-state index in [1.807, 2.05) is 0 Å². The Kier molecular flexibility index (Phi) is 4.27. The molecule has 114 valence electrons. The fourth-order valence-electron chi connectivity index (χ4n) is 1.57. The number of carbonyl (C=O) groups excluding carboxylic acids is 2. The monoisotopic (exact) mass is 305 g/mol. The van der Waals surface area contributed by atoms with Crippen LogP contribution in [0.4, 0.5) is 10.6 Å². The largest absolute Gasteiger partial charge is 0.402 e. The van der Waals surface area contributed by atoms with Gasteiger partial charge < -0.3 is 5.73 Å². The average molecular weight is 305 g/mol. The Bertz CT molecular complexity index is 672. The number of pyridine rings is 1. The number of nitrogens with one attached hydrogen (secondary N) is 2.